The highest BCUT2D eigenvalue weighted by molar-refractivity contribution is 7.92. The van der Waals surface area contributed by atoms with Gasteiger partial charge in [0.2, 0.25) is 11.8 Å². The number of carbonyl (C=O) groups excluding carboxylic acids is 2. The number of methoxy groups -OCH3 is 2. The summed E-state index contributed by atoms with van der Waals surface area (Å²) in [4.78, 5) is 30.3. The Hall–Kier alpha value is -4.54. The zero-order valence-corrected chi connectivity index (χ0v) is 28.6. The average molecular weight is 690 g/mol. The first-order valence-electron chi connectivity index (χ1n) is 15.9. The van der Waals surface area contributed by atoms with E-state index in [1.807, 2.05) is 30.3 Å². The molecule has 5 rings (SSSR count). The lowest BCUT2D eigenvalue weighted by molar-refractivity contribution is -0.140. The smallest absolute Gasteiger partial charge is 0.264 e. The lowest BCUT2D eigenvalue weighted by Crippen LogP contribution is -2.54. The van der Waals surface area contributed by atoms with Crippen LogP contribution in [0.4, 0.5) is 5.69 Å². The summed E-state index contributed by atoms with van der Waals surface area (Å²) in [7, 11) is -1.32. The van der Waals surface area contributed by atoms with Gasteiger partial charge in [0.1, 0.15) is 12.6 Å². The van der Waals surface area contributed by atoms with E-state index in [1.165, 1.54) is 37.3 Å². The molecule has 1 N–H and O–H groups in total. The van der Waals surface area contributed by atoms with E-state index in [4.69, 9.17) is 21.1 Å². The van der Waals surface area contributed by atoms with Gasteiger partial charge < -0.3 is 19.7 Å². The maximum atomic E-state index is 14.7. The molecular formula is C37H40ClN3O6S. The standard InChI is InChI=1S/C37H40ClN3O6S/c1-46-34-22-21-31(24-35(34)47-2)41(48(44,45)32-15-7-4-8-16-32)26-36(42)40(25-28-17-19-29(38)20-18-28)33(23-27-11-5-3-6-12-27)37(43)39-30-13-9-10-14-30/h3-8,11-12,15-22,24,30,33H,9-10,13-14,23,25-26H2,1-2H3,(H,39,43)/t33-/m1/s1. The van der Waals surface area contributed by atoms with Crippen molar-refractivity contribution in [2.75, 3.05) is 25.1 Å². The number of sulfonamides is 1. The van der Waals surface area contributed by atoms with Crippen LogP contribution < -0.4 is 19.1 Å². The van der Waals surface area contributed by atoms with Crippen molar-refractivity contribution in [2.45, 2.75) is 55.6 Å². The van der Waals surface area contributed by atoms with E-state index in [9.17, 15) is 18.0 Å². The Balaban J connectivity index is 1.58. The van der Waals surface area contributed by atoms with E-state index in [1.54, 1.807) is 54.6 Å². The van der Waals surface area contributed by atoms with Crippen LogP contribution in [0.25, 0.3) is 0 Å². The molecule has 252 valence electrons. The predicted molar refractivity (Wildman–Crippen MR) is 187 cm³/mol. The van der Waals surface area contributed by atoms with Crippen LogP contribution in [0.2, 0.25) is 5.02 Å². The van der Waals surface area contributed by atoms with Crippen LogP contribution in [-0.2, 0) is 32.6 Å². The van der Waals surface area contributed by atoms with E-state index in [0.29, 0.717) is 16.5 Å². The quantitative estimate of drug-likeness (QED) is 0.168. The van der Waals surface area contributed by atoms with Crippen LogP contribution in [0, 0.1) is 0 Å². The van der Waals surface area contributed by atoms with Gasteiger partial charge >= 0.3 is 0 Å². The molecule has 1 fully saturated rings. The van der Waals surface area contributed by atoms with Gasteiger partial charge in [-0.05, 0) is 60.4 Å². The third kappa shape index (κ3) is 8.48. The summed E-state index contributed by atoms with van der Waals surface area (Å²) < 4.78 is 40.4. The summed E-state index contributed by atoms with van der Waals surface area (Å²) in [6.07, 6.45) is 4.04. The number of nitrogens with one attached hydrogen (secondary N) is 1. The maximum absolute atomic E-state index is 14.7. The molecule has 1 aliphatic rings. The van der Waals surface area contributed by atoms with Gasteiger partial charge in [0.15, 0.2) is 11.5 Å². The minimum Gasteiger partial charge on any atom is -0.493 e. The van der Waals surface area contributed by atoms with Gasteiger partial charge in [0, 0.05) is 30.1 Å². The topological polar surface area (TPSA) is 105 Å². The Morgan fingerprint density at radius 1 is 0.833 bits per heavy atom. The van der Waals surface area contributed by atoms with Gasteiger partial charge in [-0.2, -0.15) is 0 Å². The minimum absolute atomic E-state index is 0.0108. The Morgan fingerprint density at radius 3 is 2.08 bits per heavy atom. The summed E-state index contributed by atoms with van der Waals surface area (Å²) in [5, 5.41) is 3.71. The van der Waals surface area contributed by atoms with Gasteiger partial charge in [0.05, 0.1) is 24.8 Å². The monoisotopic (exact) mass is 689 g/mol. The molecule has 0 aliphatic heterocycles. The second-order valence-electron chi connectivity index (χ2n) is 11.7. The molecule has 0 radical (unpaired) electrons. The summed E-state index contributed by atoms with van der Waals surface area (Å²) in [5.41, 5.74) is 1.81. The lowest BCUT2D eigenvalue weighted by Gasteiger charge is -2.34. The number of nitrogens with zero attached hydrogens (tertiary/aromatic N) is 2. The number of amides is 2. The first-order valence-corrected chi connectivity index (χ1v) is 17.7. The molecule has 4 aromatic carbocycles. The normalized spacial score (nSPS) is 13.8. The fraction of sp³-hybridized carbons (Fsp3) is 0.297. The third-order valence-electron chi connectivity index (χ3n) is 8.50. The van der Waals surface area contributed by atoms with Gasteiger partial charge in [-0.25, -0.2) is 8.42 Å². The van der Waals surface area contributed by atoms with E-state index in [-0.39, 0.29) is 35.5 Å². The molecule has 48 heavy (non-hydrogen) atoms. The Labute approximate surface area is 287 Å². The van der Waals surface area contributed by atoms with Crippen LogP contribution in [0.5, 0.6) is 11.5 Å². The van der Waals surface area contributed by atoms with Crippen molar-refractivity contribution < 1.29 is 27.5 Å². The number of benzene rings is 4. The summed E-state index contributed by atoms with van der Waals surface area (Å²) in [6, 6.07) is 28.2. The zero-order chi connectivity index (χ0) is 34.1. The average Bonchev–Trinajstić information content (AvgIpc) is 3.63. The molecule has 0 bridgehead atoms. The number of anilines is 1. The van der Waals surface area contributed by atoms with E-state index < -0.39 is 28.5 Å². The minimum atomic E-state index is -4.26. The maximum Gasteiger partial charge on any atom is 0.264 e. The van der Waals surface area contributed by atoms with E-state index >= 15 is 0 Å². The molecule has 9 nitrogen and oxygen atoms in total. The van der Waals surface area contributed by atoms with Crippen molar-refractivity contribution in [3.63, 3.8) is 0 Å². The van der Waals surface area contributed by atoms with Gasteiger partial charge in [0.25, 0.3) is 10.0 Å². The molecule has 1 aliphatic carbocycles. The van der Waals surface area contributed by atoms with Crippen molar-refractivity contribution in [3.05, 3.63) is 119 Å². The SMILES string of the molecule is COc1ccc(N(CC(=O)N(Cc2ccc(Cl)cc2)[C@H](Cc2ccccc2)C(=O)NC2CCCC2)S(=O)(=O)c2ccccc2)cc1OC. The summed E-state index contributed by atoms with van der Waals surface area (Å²) in [5.74, 6) is -0.134. The Morgan fingerprint density at radius 2 is 1.46 bits per heavy atom. The van der Waals surface area contributed by atoms with Crippen molar-refractivity contribution >= 4 is 39.1 Å². The largest absolute Gasteiger partial charge is 0.493 e. The van der Waals surface area contributed by atoms with Crippen molar-refractivity contribution in [3.8, 4) is 11.5 Å². The molecule has 11 heteroatoms. The molecule has 0 heterocycles. The van der Waals surface area contributed by atoms with Crippen LogP contribution in [0.3, 0.4) is 0 Å². The van der Waals surface area contributed by atoms with Gasteiger partial charge in [-0.3, -0.25) is 13.9 Å². The van der Waals surface area contributed by atoms with Crippen molar-refractivity contribution in [2.24, 2.45) is 0 Å². The zero-order valence-electron chi connectivity index (χ0n) is 27.0. The third-order valence-corrected chi connectivity index (χ3v) is 10.5. The number of carbonyl (C=O) groups is 2. The molecule has 1 saturated carbocycles. The molecule has 0 saturated heterocycles. The van der Waals surface area contributed by atoms with Crippen molar-refractivity contribution in [1.29, 1.82) is 0 Å². The van der Waals surface area contributed by atoms with Gasteiger partial charge in [-0.1, -0.05) is 85.1 Å². The van der Waals surface area contributed by atoms with E-state index in [2.05, 4.69) is 5.32 Å². The molecule has 0 aromatic heterocycles. The van der Waals surface area contributed by atoms with Crippen molar-refractivity contribution in [1.82, 2.24) is 10.2 Å². The molecular weight excluding hydrogens is 650 g/mol. The summed E-state index contributed by atoms with van der Waals surface area (Å²) >= 11 is 6.18. The summed E-state index contributed by atoms with van der Waals surface area (Å²) in [6.45, 7) is -0.529. The molecule has 1 atom stereocenters. The molecule has 2 amide bonds. The number of hydrogen-bond donors (Lipinski definition) is 1. The molecule has 0 unspecified atom stereocenters. The first-order chi connectivity index (χ1) is 23.2. The van der Waals surface area contributed by atoms with E-state index in [0.717, 1.165) is 41.1 Å². The molecule has 4 aromatic rings. The lowest BCUT2D eigenvalue weighted by atomic mass is 10.0. The van der Waals surface area contributed by atoms with Crippen LogP contribution >= 0.6 is 11.6 Å². The van der Waals surface area contributed by atoms with Gasteiger partial charge in [-0.15, -0.1) is 0 Å². The highest BCUT2D eigenvalue weighted by Crippen LogP contribution is 2.34. The first kappa shape index (κ1) is 34.8. The number of halogens is 1. The second-order valence-corrected chi connectivity index (χ2v) is 14.0. The fourth-order valence-electron chi connectivity index (χ4n) is 5.94. The Kier molecular flexibility index (Phi) is 11.6. The van der Waals surface area contributed by atoms with Crippen LogP contribution in [0.1, 0.15) is 36.8 Å². The molecule has 0 spiro atoms. The van der Waals surface area contributed by atoms with Crippen LogP contribution in [0.15, 0.2) is 108 Å². The highest BCUT2D eigenvalue weighted by atomic mass is 35.5. The Bertz CT molecular complexity index is 1780. The number of rotatable bonds is 14. The second kappa shape index (κ2) is 16.0. The number of ether oxygens (including phenoxy) is 2. The number of hydrogen-bond acceptors (Lipinski definition) is 6. The fourth-order valence-corrected chi connectivity index (χ4v) is 7.49. The van der Waals surface area contributed by atoms with Crippen LogP contribution in [-0.4, -0.2) is 58.0 Å². The highest BCUT2D eigenvalue weighted by Gasteiger charge is 2.35. The predicted octanol–water partition coefficient (Wildman–Crippen LogP) is 6.25.